The Hall–Kier alpha value is -1.85. The molecule has 0 fully saturated rings. The Bertz CT molecular complexity index is 841. The van der Waals surface area contributed by atoms with Crippen molar-refractivity contribution in [3.8, 4) is 0 Å². The van der Waals surface area contributed by atoms with Gasteiger partial charge in [-0.1, -0.05) is 43.7 Å². The summed E-state index contributed by atoms with van der Waals surface area (Å²) in [5, 5.41) is 10.2. The van der Waals surface area contributed by atoms with E-state index in [2.05, 4.69) is 13.8 Å². The van der Waals surface area contributed by atoms with E-state index in [1.54, 1.807) is 18.2 Å². The Morgan fingerprint density at radius 3 is 2.42 bits per heavy atom. The number of anilines is 1. The monoisotopic (exact) mass is 345 g/mol. The summed E-state index contributed by atoms with van der Waals surface area (Å²) >= 11 is 0. The van der Waals surface area contributed by atoms with E-state index in [9.17, 15) is 13.5 Å². The van der Waals surface area contributed by atoms with Crippen molar-refractivity contribution in [3.05, 3.63) is 59.2 Å². The van der Waals surface area contributed by atoms with Crippen molar-refractivity contribution < 1.29 is 13.5 Å². The number of nitrogens with zero attached hydrogens (tertiary/aromatic N) is 1. The molecular weight excluding hydrogens is 322 g/mol. The number of aliphatic hydroxyl groups excluding tert-OH is 1. The highest BCUT2D eigenvalue weighted by Crippen LogP contribution is 2.37. The third-order valence-electron chi connectivity index (χ3n) is 4.55. The van der Waals surface area contributed by atoms with E-state index >= 15 is 0 Å². The van der Waals surface area contributed by atoms with Crippen LogP contribution in [0.1, 0.15) is 49.0 Å². The van der Waals surface area contributed by atoms with Gasteiger partial charge in [0.05, 0.1) is 16.7 Å². The highest BCUT2D eigenvalue weighted by molar-refractivity contribution is 7.92. The summed E-state index contributed by atoms with van der Waals surface area (Å²) in [6, 6.07) is 12.6. The average Bonchev–Trinajstić information content (AvgIpc) is 2.55. The van der Waals surface area contributed by atoms with Crippen LogP contribution in [-0.2, 0) is 10.0 Å². The lowest BCUT2D eigenvalue weighted by Crippen LogP contribution is -2.36. The molecule has 0 spiro atoms. The number of aryl methyl sites for hydroxylation is 1. The molecule has 1 unspecified atom stereocenters. The van der Waals surface area contributed by atoms with Crippen LogP contribution in [0.2, 0.25) is 0 Å². The SMILES string of the molecule is Cc1ccc2c(c1)C(O)CCN2S(=O)(=O)c1ccc(C(C)C)cc1. The average molecular weight is 345 g/mol. The Morgan fingerprint density at radius 2 is 1.79 bits per heavy atom. The van der Waals surface area contributed by atoms with Gasteiger partial charge in [0.15, 0.2) is 0 Å². The smallest absolute Gasteiger partial charge is 0.264 e. The summed E-state index contributed by atoms with van der Waals surface area (Å²) in [7, 11) is -3.63. The molecule has 2 aromatic rings. The van der Waals surface area contributed by atoms with Gasteiger partial charge >= 0.3 is 0 Å². The van der Waals surface area contributed by atoms with Crippen molar-refractivity contribution in [3.63, 3.8) is 0 Å². The van der Waals surface area contributed by atoms with Gasteiger partial charge in [-0.15, -0.1) is 0 Å². The zero-order valence-electron chi connectivity index (χ0n) is 14.2. The Labute approximate surface area is 143 Å². The second-order valence-corrected chi connectivity index (χ2v) is 8.53. The third kappa shape index (κ3) is 2.94. The van der Waals surface area contributed by atoms with Gasteiger partial charge in [-0.3, -0.25) is 4.31 Å². The van der Waals surface area contributed by atoms with Crippen molar-refractivity contribution in [1.29, 1.82) is 0 Å². The van der Waals surface area contributed by atoms with E-state index in [0.717, 1.165) is 11.1 Å². The standard InChI is InChI=1S/C19H23NO3S/c1-13(2)15-5-7-16(8-6-15)24(22,23)20-11-10-19(21)17-12-14(3)4-9-18(17)20/h4-9,12-13,19,21H,10-11H2,1-3H3. The van der Waals surface area contributed by atoms with Crippen LogP contribution < -0.4 is 4.31 Å². The zero-order chi connectivity index (χ0) is 17.5. The topological polar surface area (TPSA) is 57.6 Å². The molecule has 1 aliphatic rings. The maximum atomic E-state index is 13.1. The summed E-state index contributed by atoms with van der Waals surface area (Å²) < 4.78 is 27.5. The second kappa shape index (κ2) is 6.22. The minimum absolute atomic E-state index is 0.283. The van der Waals surface area contributed by atoms with Crippen molar-refractivity contribution >= 4 is 15.7 Å². The van der Waals surface area contributed by atoms with Crippen molar-refractivity contribution in [2.24, 2.45) is 0 Å². The highest BCUT2D eigenvalue weighted by atomic mass is 32.2. The molecular formula is C19H23NO3S. The third-order valence-corrected chi connectivity index (χ3v) is 6.38. The molecule has 3 rings (SSSR count). The molecule has 4 nitrogen and oxygen atoms in total. The van der Waals surface area contributed by atoms with Gasteiger partial charge in [0.1, 0.15) is 0 Å². The summed E-state index contributed by atoms with van der Waals surface area (Å²) in [5.41, 5.74) is 3.38. The van der Waals surface area contributed by atoms with E-state index in [1.165, 1.54) is 4.31 Å². The van der Waals surface area contributed by atoms with Crippen molar-refractivity contribution in [2.45, 2.75) is 44.1 Å². The van der Waals surface area contributed by atoms with Crippen LogP contribution in [0.4, 0.5) is 5.69 Å². The molecule has 128 valence electrons. The molecule has 0 aliphatic carbocycles. The molecule has 1 aliphatic heterocycles. The fraction of sp³-hybridized carbons (Fsp3) is 0.368. The Kier molecular flexibility index (Phi) is 4.40. The predicted octanol–water partition coefficient (Wildman–Crippen LogP) is 3.75. The lowest BCUT2D eigenvalue weighted by atomic mass is 9.99. The molecule has 0 amide bonds. The van der Waals surface area contributed by atoms with Gasteiger partial charge in [-0.2, -0.15) is 0 Å². The number of hydrogen-bond acceptors (Lipinski definition) is 3. The Morgan fingerprint density at radius 1 is 1.12 bits per heavy atom. The molecule has 1 atom stereocenters. The fourth-order valence-corrected chi connectivity index (χ4v) is 4.59. The first-order valence-electron chi connectivity index (χ1n) is 8.22. The van der Waals surface area contributed by atoms with Crippen molar-refractivity contribution in [2.75, 3.05) is 10.8 Å². The Balaban J connectivity index is 2.03. The summed E-state index contributed by atoms with van der Waals surface area (Å²) in [5.74, 6) is 0.357. The molecule has 0 aromatic heterocycles. The second-order valence-electron chi connectivity index (χ2n) is 6.67. The van der Waals surface area contributed by atoms with Crippen molar-refractivity contribution in [1.82, 2.24) is 0 Å². The zero-order valence-corrected chi connectivity index (χ0v) is 15.0. The minimum atomic E-state index is -3.63. The number of rotatable bonds is 3. The van der Waals surface area contributed by atoms with Crippen LogP contribution >= 0.6 is 0 Å². The number of benzene rings is 2. The van der Waals surface area contributed by atoms with E-state index in [1.807, 2.05) is 31.2 Å². The van der Waals surface area contributed by atoms with Gasteiger partial charge < -0.3 is 5.11 Å². The molecule has 1 N–H and O–H groups in total. The first-order valence-corrected chi connectivity index (χ1v) is 9.66. The van der Waals surface area contributed by atoms with E-state index in [0.29, 0.717) is 23.6 Å². The molecule has 0 saturated heterocycles. The van der Waals surface area contributed by atoms with Gasteiger partial charge in [-0.25, -0.2) is 8.42 Å². The minimum Gasteiger partial charge on any atom is -0.388 e. The lowest BCUT2D eigenvalue weighted by Gasteiger charge is -2.33. The van der Waals surface area contributed by atoms with Gasteiger partial charge in [0, 0.05) is 12.1 Å². The van der Waals surface area contributed by atoms with Crippen LogP contribution in [0.25, 0.3) is 0 Å². The molecule has 1 heterocycles. The van der Waals surface area contributed by atoms with E-state index < -0.39 is 16.1 Å². The van der Waals surface area contributed by atoms with Crippen LogP contribution in [-0.4, -0.2) is 20.1 Å². The van der Waals surface area contributed by atoms with Gasteiger partial charge in [0.2, 0.25) is 0 Å². The molecule has 5 heteroatoms. The fourth-order valence-electron chi connectivity index (χ4n) is 3.09. The maximum Gasteiger partial charge on any atom is 0.264 e. The van der Waals surface area contributed by atoms with Gasteiger partial charge in [0.25, 0.3) is 10.0 Å². The molecule has 0 radical (unpaired) electrons. The largest absolute Gasteiger partial charge is 0.388 e. The first-order chi connectivity index (χ1) is 11.3. The predicted molar refractivity (Wildman–Crippen MR) is 95.8 cm³/mol. The maximum absolute atomic E-state index is 13.1. The molecule has 0 saturated carbocycles. The molecule has 24 heavy (non-hydrogen) atoms. The highest BCUT2D eigenvalue weighted by Gasteiger charge is 2.32. The summed E-state index contributed by atoms with van der Waals surface area (Å²) in [6.45, 7) is 6.37. The summed E-state index contributed by atoms with van der Waals surface area (Å²) in [4.78, 5) is 0.287. The van der Waals surface area contributed by atoms with Crippen LogP contribution in [0.3, 0.4) is 0 Å². The number of sulfonamides is 1. The van der Waals surface area contributed by atoms with Crippen LogP contribution in [0, 0.1) is 6.92 Å². The number of aliphatic hydroxyl groups is 1. The molecule has 0 bridgehead atoms. The molecule has 2 aromatic carbocycles. The number of fused-ring (bicyclic) bond motifs is 1. The quantitative estimate of drug-likeness (QED) is 0.922. The van der Waals surface area contributed by atoms with Gasteiger partial charge in [-0.05, 0) is 43.0 Å². The van der Waals surface area contributed by atoms with E-state index in [4.69, 9.17) is 0 Å². The van der Waals surface area contributed by atoms with E-state index in [-0.39, 0.29) is 11.4 Å². The lowest BCUT2D eigenvalue weighted by molar-refractivity contribution is 0.166. The summed E-state index contributed by atoms with van der Waals surface area (Å²) in [6.07, 6.45) is -0.214. The van der Waals surface area contributed by atoms with Crippen LogP contribution in [0.5, 0.6) is 0 Å². The number of hydrogen-bond donors (Lipinski definition) is 1. The first kappa shape index (κ1) is 17.0. The normalized spacial score (nSPS) is 17.9. The van der Waals surface area contributed by atoms with Crippen LogP contribution in [0.15, 0.2) is 47.4 Å².